The van der Waals surface area contributed by atoms with Gasteiger partial charge in [0.05, 0.1) is 6.04 Å². The summed E-state index contributed by atoms with van der Waals surface area (Å²) in [4.78, 5) is 44.5. The Morgan fingerprint density at radius 2 is 1.85 bits per heavy atom. The van der Waals surface area contributed by atoms with Crippen LogP contribution in [0.3, 0.4) is 0 Å². The Labute approximate surface area is 193 Å². The van der Waals surface area contributed by atoms with Crippen molar-refractivity contribution in [2.24, 2.45) is 5.92 Å². The Hall–Kier alpha value is -3.46. The van der Waals surface area contributed by atoms with Gasteiger partial charge in [0.2, 0.25) is 5.91 Å². The number of rotatable bonds is 7. The maximum atomic E-state index is 13.6. The monoisotopic (exact) mass is 453 g/mol. The topological polar surface area (TPSA) is 113 Å². The summed E-state index contributed by atoms with van der Waals surface area (Å²) in [6.07, 6.45) is 0.336. The van der Waals surface area contributed by atoms with Gasteiger partial charge in [-0.2, -0.15) is 0 Å². The van der Waals surface area contributed by atoms with Crippen molar-refractivity contribution in [3.05, 3.63) is 53.7 Å². The van der Waals surface area contributed by atoms with Crippen LogP contribution >= 0.6 is 0 Å². The lowest BCUT2D eigenvalue weighted by molar-refractivity contribution is -0.130. The van der Waals surface area contributed by atoms with E-state index in [0.717, 1.165) is 11.1 Å². The van der Waals surface area contributed by atoms with E-state index in [2.05, 4.69) is 20.9 Å². The zero-order valence-electron chi connectivity index (χ0n) is 19.6. The van der Waals surface area contributed by atoms with Gasteiger partial charge >= 0.3 is 6.09 Å². The number of nitrogens with one attached hydrogen (secondary N) is 3. The first-order chi connectivity index (χ1) is 15.7. The number of nitrogens with zero attached hydrogens (tertiary/aromatic N) is 2. The first kappa shape index (κ1) is 24.2. The SMILES string of the molecule is CN[C@@H](C)C(=O)N[C@H](C(=O)N1c2ncccc2C[C@H]1OC(=O)Nc1ccccc1C)C(C)C. The lowest BCUT2D eigenvalue weighted by Crippen LogP contribution is -2.56. The molecule has 0 saturated carbocycles. The number of hydrogen-bond acceptors (Lipinski definition) is 6. The van der Waals surface area contributed by atoms with E-state index in [-0.39, 0.29) is 17.7 Å². The van der Waals surface area contributed by atoms with Gasteiger partial charge in [-0.3, -0.25) is 19.8 Å². The Balaban J connectivity index is 1.83. The molecule has 1 aliphatic heterocycles. The number of fused-ring (bicyclic) bond motifs is 1. The van der Waals surface area contributed by atoms with Crippen LogP contribution in [0.25, 0.3) is 0 Å². The molecule has 1 aliphatic rings. The molecule has 0 aliphatic carbocycles. The Bertz CT molecular complexity index is 1030. The van der Waals surface area contributed by atoms with Crippen LogP contribution in [-0.4, -0.2) is 48.3 Å². The zero-order chi connectivity index (χ0) is 24.1. The summed E-state index contributed by atoms with van der Waals surface area (Å²) in [5, 5.41) is 8.42. The smallest absolute Gasteiger partial charge is 0.413 e. The number of amides is 3. The van der Waals surface area contributed by atoms with Gasteiger partial charge in [-0.15, -0.1) is 0 Å². The van der Waals surface area contributed by atoms with E-state index in [1.54, 1.807) is 32.3 Å². The third kappa shape index (κ3) is 5.48. The number of likely N-dealkylation sites (N-methyl/N-ethyl adjacent to an activating group) is 1. The predicted octanol–water partition coefficient (Wildman–Crippen LogP) is 2.60. The molecule has 1 aromatic carbocycles. The molecule has 2 heterocycles. The van der Waals surface area contributed by atoms with Gasteiger partial charge in [-0.25, -0.2) is 9.78 Å². The van der Waals surface area contributed by atoms with E-state index >= 15 is 0 Å². The molecule has 1 aromatic heterocycles. The molecule has 3 atom stereocenters. The molecule has 0 fully saturated rings. The van der Waals surface area contributed by atoms with E-state index in [0.29, 0.717) is 17.9 Å². The quantitative estimate of drug-likeness (QED) is 0.594. The van der Waals surface area contributed by atoms with Crippen molar-refractivity contribution in [3.63, 3.8) is 0 Å². The molecule has 9 nitrogen and oxygen atoms in total. The Morgan fingerprint density at radius 1 is 1.12 bits per heavy atom. The first-order valence-corrected chi connectivity index (χ1v) is 11.0. The second kappa shape index (κ2) is 10.4. The molecule has 3 rings (SSSR count). The number of carbonyl (C=O) groups is 3. The van der Waals surface area contributed by atoms with Gasteiger partial charge in [0.15, 0.2) is 6.23 Å². The molecule has 3 N–H and O–H groups in total. The van der Waals surface area contributed by atoms with Gasteiger partial charge in [0.25, 0.3) is 5.91 Å². The number of hydrogen-bond donors (Lipinski definition) is 3. The fourth-order valence-corrected chi connectivity index (χ4v) is 3.61. The molecule has 0 saturated heterocycles. The van der Waals surface area contributed by atoms with Crippen LogP contribution in [0.5, 0.6) is 0 Å². The largest absolute Gasteiger partial charge is 0.424 e. The number of aryl methyl sites for hydroxylation is 1. The van der Waals surface area contributed by atoms with E-state index in [1.165, 1.54) is 4.90 Å². The zero-order valence-corrected chi connectivity index (χ0v) is 19.6. The predicted molar refractivity (Wildman–Crippen MR) is 126 cm³/mol. The molecule has 0 spiro atoms. The van der Waals surface area contributed by atoms with Crippen molar-refractivity contribution in [3.8, 4) is 0 Å². The summed E-state index contributed by atoms with van der Waals surface area (Å²) in [6.45, 7) is 7.29. The Morgan fingerprint density at radius 3 is 2.52 bits per heavy atom. The number of benzene rings is 1. The Kier molecular flexibility index (Phi) is 7.65. The summed E-state index contributed by atoms with van der Waals surface area (Å²) < 4.78 is 5.68. The fourth-order valence-electron chi connectivity index (χ4n) is 3.61. The van der Waals surface area contributed by atoms with Crippen LogP contribution in [0.4, 0.5) is 16.3 Å². The molecule has 3 amide bonds. The second-order valence-corrected chi connectivity index (χ2v) is 8.44. The number of ether oxygens (including phenoxy) is 1. The van der Waals surface area contributed by atoms with E-state index in [4.69, 9.17) is 4.74 Å². The average molecular weight is 454 g/mol. The number of pyridine rings is 1. The molecule has 0 unspecified atom stereocenters. The number of para-hydroxylation sites is 1. The maximum absolute atomic E-state index is 13.6. The first-order valence-electron chi connectivity index (χ1n) is 11.0. The molecule has 0 bridgehead atoms. The molecular formula is C24H31N5O4. The van der Waals surface area contributed by atoms with Crippen LogP contribution in [0.15, 0.2) is 42.6 Å². The standard InChI is InChI=1S/C24H31N5O4/c1-14(2)20(28-22(30)16(4)25-5)23(31)29-19(13-17-10-8-12-26-21(17)29)33-24(32)27-18-11-7-6-9-15(18)3/h6-12,14,16,19-20,25H,13H2,1-5H3,(H,27,32)(H,28,30)/t16-,19+,20-/m0/s1. The molecule has 176 valence electrons. The average Bonchev–Trinajstić information content (AvgIpc) is 3.15. The van der Waals surface area contributed by atoms with Gasteiger partial charge in [-0.1, -0.05) is 38.1 Å². The van der Waals surface area contributed by atoms with Gasteiger partial charge in [0, 0.05) is 23.9 Å². The van der Waals surface area contributed by atoms with Crippen molar-refractivity contribution in [2.45, 2.75) is 52.4 Å². The highest BCUT2D eigenvalue weighted by Gasteiger charge is 2.41. The summed E-state index contributed by atoms with van der Waals surface area (Å²) in [6, 6.07) is 9.68. The lowest BCUT2D eigenvalue weighted by atomic mass is 10.0. The third-order valence-corrected chi connectivity index (χ3v) is 5.70. The van der Waals surface area contributed by atoms with Crippen molar-refractivity contribution < 1.29 is 19.1 Å². The highest BCUT2D eigenvalue weighted by Crippen LogP contribution is 2.32. The minimum atomic E-state index is -0.883. The fraction of sp³-hybridized carbons (Fsp3) is 0.417. The van der Waals surface area contributed by atoms with Gasteiger partial charge in [-0.05, 0) is 44.5 Å². The molecule has 9 heteroatoms. The van der Waals surface area contributed by atoms with Crippen molar-refractivity contribution in [1.29, 1.82) is 0 Å². The van der Waals surface area contributed by atoms with E-state index in [9.17, 15) is 14.4 Å². The summed E-state index contributed by atoms with van der Waals surface area (Å²) in [5.74, 6) is -0.440. The molecule has 0 radical (unpaired) electrons. The molecular weight excluding hydrogens is 422 g/mol. The third-order valence-electron chi connectivity index (χ3n) is 5.70. The number of carbonyl (C=O) groups excluding carboxylic acids is 3. The molecule has 2 aromatic rings. The van der Waals surface area contributed by atoms with Crippen LogP contribution < -0.4 is 20.9 Å². The summed E-state index contributed by atoms with van der Waals surface area (Å²) in [7, 11) is 1.67. The van der Waals surface area contributed by atoms with Gasteiger partial charge < -0.3 is 15.4 Å². The normalized spacial score (nSPS) is 16.7. The van der Waals surface area contributed by atoms with Crippen LogP contribution in [0, 0.1) is 12.8 Å². The van der Waals surface area contributed by atoms with Crippen molar-refractivity contribution >= 4 is 29.4 Å². The highest BCUT2D eigenvalue weighted by atomic mass is 16.6. The molecule has 33 heavy (non-hydrogen) atoms. The maximum Gasteiger partial charge on any atom is 0.413 e. The minimum Gasteiger partial charge on any atom is -0.424 e. The van der Waals surface area contributed by atoms with Crippen LogP contribution in [0.2, 0.25) is 0 Å². The lowest BCUT2D eigenvalue weighted by Gasteiger charge is -2.31. The van der Waals surface area contributed by atoms with E-state index in [1.807, 2.05) is 45.0 Å². The van der Waals surface area contributed by atoms with Crippen LogP contribution in [0.1, 0.15) is 31.9 Å². The minimum absolute atomic E-state index is 0.195. The van der Waals surface area contributed by atoms with Crippen molar-refractivity contribution in [2.75, 3.05) is 17.3 Å². The highest BCUT2D eigenvalue weighted by molar-refractivity contribution is 6.01. The summed E-state index contributed by atoms with van der Waals surface area (Å²) >= 11 is 0. The number of aromatic nitrogens is 1. The van der Waals surface area contributed by atoms with Gasteiger partial charge in [0.1, 0.15) is 11.9 Å². The van der Waals surface area contributed by atoms with Crippen molar-refractivity contribution in [1.82, 2.24) is 15.6 Å². The second-order valence-electron chi connectivity index (χ2n) is 8.44. The number of anilines is 2. The van der Waals surface area contributed by atoms with E-state index < -0.39 is 24.4 Å². The van der Waals surface area contributed by atoms with Crippen LogP contribution in [-0.2, 0) is 20.7 Å². The summed E-state index contributed by atoms with van der Waals surface area (Å²) in [5.41, 5.74) is 2.30.